The Bertz CT molecular complexity index is 538. The molecular weight excluding hydrogens is 258 g/mol. The summed E-state index contributed by atoms with van der Waals surface area (Å²) >= 11 is 1.81. The van der Waals surface area contributed by atoms with Crippen LogP contribution in [0.1, 0.15) is 15.3 Å². The van der Waals surface area contributed by atoms with Crippen molar-refractivity contribution in [2.24, 2.45) is 0 Å². The van der Waals surface area contributed by atoms with Crippen molar-refractivity contribution in [2.75, 3.05) is 19.5 Å². The van der Waals surface area contributed by atoms with Crippen LogP contribution in [0.25, 0.3) is 0 Å². The fourth-order valence-electron chi connectivity index (χ4n) is 1.96. The topological polar surface area (TPSA) is 30.5 Å². The van der Waals surface area contributed by atoms with E-state index < -0.39 is 0 Å². The molecule has 1 aromatic carbocycles. The highest BCUT2D eigenvalue weighted by atomic mass is 32.1. The van der Waals surface area contributed by atoms with Crippen LogP contribution in [0, 0.1) is 13.8 Å². The maximum atomic E-state index is 5.37. The Morgan fingerprint density at radius 2 is 1.68 bits per heavy atom. The third kappa shape index (κ3) is 3.20. The summed E-state index contributed by atoms with van der Waals surface area (Å²) in [5.41, 5.74) is 2.02. The molecule has 102 valence electrons. The lowest BCUT2D eigenvalue weighted by Gasteiger charge is -2.13. The first kappa shape index (κ1) is 13.7. The SMILES string of the molecule is COc1cc(NCc2ccc(C)s2)cc(OC)c1C. The molecule has 2 rings (SSSR count). The number of hydrogen-bond donors (Lipinski definition) is 1. The molecule has 0 fully saturated rings. The highest BCUT2D eigenvalue weighted by Gasteiger charge is 2.08. The molecular formula is C15H19NO2S. The highest BCUT2D eigenvalue weighted by molar-refractivity contribution is 7.11. The smallest absolute Gasteiger partial charge is 0.127 e. The van der Waals surface area contributed by atoms with Gasteiger partial charge in [0.2, 0.25) is 0 Å². The average molecular weight is 277 g/mol. The van der Waals surface area contributed by atoms with Crippen molar-refractivity contribution in [1.82, 2.24) is 0 Å². The first-order chi connectivity index (χ1) is 9.13. The summed E-state index contributed by atoms with van der Waals surface area (Å²) in [5, 5.41) is 3.40. The van der Waals surface area contributed by atoms with Gasteiger partial charge in [0.05, 0.1) is 14.2 Å². The molecule has 0 atom stereocenters. The standard InChI is InChI=1S/C15H19NO2S/c1-10-5-6-13(19-10)9-16-12-7-14(17-3)11(2)15(8-12)18-4/h5-8,16H,9H2,1-4H3. The van der Waals surface area contributed by atoms with Crippen LogP contribution in [0.5, 0.6) is 11.5 Å². The molecule has 1 aromatic heterocycles. The molecule has 0 radical (unpaired) electrons. The summed E-state index contributed by atoms with van der Waals surface area (Å²) < 4.78 is 10.7. The van der Waals surface area contributed by atoms with Crippen LogP contribution in [0.15, 0.2) is 24.3 Å². The van der Waals surface area contributed by atoms with Crippen molar-refractivity contribution in [2.45, 2.75) is 20.4 Å². The normalized spacial score (nSPS) is 10.3. The number of benzene rings is 1. The van der Waals surface area contributed by atoms with E-state index in [1.165, 1.54) is 9.75 Å². The van der Waals surface area contributed by atoms with Crippen molar-refractivity contribution in [3.05, 3.63) is 39.6 Å². The van der Waals surface area contributed by atoms with E-state index in [1.54, 1.807) is 25.6 Å². The van der Waals surface area contributed by atoms with E-state index in [0.717, 1.165) is 29.3 Å². The van der Waals surface area contributed by atoms with Gasteiger partial charge >= 0.3 is 0 Å². The van der Waals surface area contributed by atoms with Crippen molar-refractivity contribution >= 4 is 17.0 Å². The maximum absolute atomic E-state index is 5.37. The van der Waals surface area contributed by atoms with Gasteiger partial charge in [-0.05, 0) is 26.0 Å². The van der Waals surface area contributed by atoms with Crippen LogP contribution in [-0.2, 0) is 6.54 Å². The Kier molecular flexibility index (Phi) is 4.32. The minimum Gasteiger partial charge on any atom is -0.496 e. The van der Waals surface area contributed by atoms with Crippen LogP contribution >= 0.6 is 11.3 Å². The Balaban J connectivity index is 2.15. The molecule has 1 N–H and O–H groups in total. The lowest BCUT2D eigenvalue weighted by molar-refractivity contribution is 0.389. The van der Waals surface area contributed by atoms with Crippen molar-refractivity contribution in [3.8, 4) is 11.5 Å². The summed E-state index contributed by atoms with van der Waals surface area (Å²) in [6.45, 7) is 4.92. The summed E-state index contributed by atoms with van der Waals surface area (Å²) in [5.74, 6) is 1.67. The zero-order valence-electron chi connectivity index (χ0n) is 11.7. The van der Waals surface area contributed by atoms with Gasteiger partial charge < -0.3 is 14.8 Å². The van der Waals surface area contributed by atoms with Gasteiger partial charge in [-0.15, -0.1) is 11.3 Å². The fraction of sp³-hybridized carbons (Fsp3) is 0.333. The van der Waals surface area contributed by atoms with E-state index in [-0.39, 0.29) is 0 Å². The second kappa shape index (κ2) is 5.97. The molecule has 0 saturated carbocycles. The molecule has 0 spiro atoms. The highest BCUT2D eigenvalue weighted by Crippen LogP contribution is 2.32. The third-order valence-electron chi connectivity index (χ3n) is 3.01. The van der Waals surface area contributed by atoms with Gasteiger partial charge in [0.1, 0.15) is 11.5 Å². The summed E-state index contributed by atoms with van der Waals surface area (Å²) in [6, 6.07) is 8.28. The first-order valence-electron chi connectivity index (χ1n) is 6.16. The number of aryl methyl sites for hydroxylation is 1. The number of rotatable bonds is 5. The van der Waals surface area contributed by atoms with Crippen LogP contribution < -0.4 is 14.8 Å². The lowest BCUT2D eigenvalue weighted by Crippen LogP contribution is -2.00. The van der Waals surface area contributed by atoms with Crippen LogP contribution in [0.4, 0.5) is 5.69 Å². The van der Waals surface area contributed by atoms with E-state index in [9.17, 15) is 0 Å². The van der Waals surface area contributed by atoms with Crippen molar-refractivity contribution < 1.29 is 9.47 Å². The quantitative estimate of drug-likeness (QED) is 0.896. The van der Waals surface area contributed by atoms with E-state index >= 15 is 0 Å². The molecule has 4 heteroatoms. The van der Waals surface area contributed by atoms with Gasteiger partial charge in [-0.2, -0.15) is 0 Å². The van der Waals surface area contributed by atoms with Gasteiger partial charge in [0.25, 0.3) is 0 Å². The Morgan fingerprint density at radius 3 is 2.16 bits per heavy atom. The molecule has 3 nitrogen and oxygen atoms in total. The second-order valence-electron chi connectivity index (χ2n) is 4.37. The largest absolute Gasteiger partial charge is 0.496 e. The number of thiophene rings is 1. The monoisotopic (exact) mass is 277 g/mol. The molecule has 19 heavy (non-hydrogen) atoms. The predicted molar refractivity (Wildman–Crippen MR) is 80.7 cm³/mol. The third-order valence-corrected chi connectivity index (χ3v) is 4.02. The molecule has 0 amide bonds. The summed E-state index contributed by atoms with van der Waals surface area (Å²) in [6.07, 6.45) is 0. The summed E-state index contributed by atoms with van der Waals surface area (Å²) in [7, 11) is 3.35. The molecule has 1 heterocycles. The van der Waals surface area contributed by atoms with Gasteiger partial charge in [0, 0.05) is 39.7 Å². The van der Waals surface area contributed by atoms with E-state index in [2.05, 4.69) is 24.4 Å². The number of ether oxygens (including phenoxy) is 2. The minimum absolute atomic E-state index is 0.813. The first-order valence-corrected chi connectivity index (χ1v) is 6.97. The van der Waals surface area contributed by atoms with E-state index in [1.807, 2.05) is 19.1 Å². The number of hydrogen-bond acceptors (Lipinski definition) is 4. The molecule has 0 unspecified atom stereocenters. The number of anilines is 1. The zero-order chi connectivity index (χ0) is 13.8. The minimum atomic E-state index is 0.813. The van der Waals surface area contributed by atoms with E-state index in [0.29, 0.717) is 0 Å². The Hall–Kier alpha value is -1.68. The van der Waals surface area contributed by atoms with Crippen LogP contribution in [0.2, 0.25) is 0 Å². The van der Waals surface area contributed by atoms with E-state index in [4.69, 9.17) is 9.47 Å². The Labute approximate surface area is 118 Å². The number of nitrogens with one attached hydrogen (secondary N) is 1. The van der Waals surface area contributed by atoms with Gasteiger partial charge in [0.15, 0.2) is 0 Å². The average Bonchev–Trinajstić information content (AvgIpc) is 2.83. The molecule has 0 saturated heterocycles. The second-order valence-corrected chi connectivity index (χ2v) is 5.74. The van der Waals surface area contributed by atoms with Gasteiger partial charge in [-0.25, -0.2) is 0 Å². The number of methoxy groups -OCH3 is 2. The molecule has 0 aliphatic carbocycles. The van der Waals surface area contributed by atoms with Crippen molar-refractivity contribution in [1.29, 1.82) is 0 Å². The zero-order valence-corrected chi connectivity index (χ0v) is 12.6. The molecule has 0 bridgehead atoms. The predicted octanol–water partition coefficient (Wildman–Crippen LogP) is 3.99. The van der Waals surface area contributed by atoms with Crippen LogP contribution in [-0.4, -0.2) is 14.2 Å². The van der Waals surface area contributed by atoms with Crippen molar-refractivity contribution in [3.63, 3.8) is 0 Å². The molecule has 0 aliphatic heterocycles. The van der Waals surface area contributed by atoms with Gasteiger partial charge in [-0.1, -0.05) is 0 Å². The summed E-state index contributed by atoms with van der Waals surface area (Å²) in [4.78, 5) is 2.65. The van der Waals surface area contributed by atoms with Crippen LogP contribution in [0.3, 0.4) is 0 Å². The molecule has 2 aromatic rings. The lowest BCUT2D eigenvalue weighted by atomic mass is 10.1. The Morgan fingerprint density at radius 1 is 1.05 bits per heavy atom. The fourth-order valence-corrected chi connectivity index (χ4v) is 2.79. The maximum Gasteiger partial charge on any atom is 0.127 e. The van der Waals surface area contributed by atoms with Gasteiger partial charge in [-0.3, -0.25) is 0 Å². The molecule has 0 aliphatic rings.